The molecule has 0 aliphatic carbocycles. The number of carbonyl (C=O) groups is 2. The molecule has 1 heterocycles. The number of anilines is 1. The second-order valence-corrected chi connectivity index (χ2v) is 6.97. The third-order valence-corrected chi connectivity index (χ3v) is 3.91. The van der Waals surface area contributed by atoms with E-state index in [4.69, 9.17) is 15.2 Å². The molecular weight excluding hydrogens is 353 g/mol. The summed E-state index contributed by atoms with van der Waals surface area (Å²) in [5.41, 5.74) is 7.17. The SMILES string of the molecule is CC(=O)Oc1cc(C)cc(C)c1C(C)(C)CC(=O)Oc1ncc(F)c(N)n1. The van der Waals surface area contributed by atoms with E-state index >= 15 is 0 Å². The van der Waals surface area contributed by atoms with Crippen molar-refractivity contribution in [3.05, 3.63) is 40.8 Å². The van der Waals surface area contributed by atoms with Crippen molar-refractivity contribution in [2.45, 2.75) is 46.5 Å². The Balaban J connectivity index is 2.28. The molecule has 2 rings (SSSR count). The molecule has 0 unspecified atom stereocenters. The number of nitrogen functional groups attached to an aromatic ring is 1. The van der Waals surface area contributed by atoms with E-state index in [1.165, 1.54) is 6.92 Å². The molecule has 1 aromatic carbocycles. The molecule has 7 nitrogen and oxygen atoms in total. The van der Waals surface area contributed by atoms with Gasteiger partial charge in [0.1, 0.15) is 5.75 Å². The Hall–Kier alpha value is -3.03. The largest absolute Gasteiger partial charge is 0.426 e. The molecule has 1 aromatic heterocycles. The topological polar surface area (TPSA) is 104 Å². The van der Waals surface area contributed by atoms with E-state index in [1.807, 2.05) is 33.8 Å². The van der Waals surface area contributed by atoms with Crippen LogP contribution in [0.4, 0.5) is 10.2 Å². The average Bonchev–Trinajstić information content (AvgIpc) is 2.48. The highest BCUT2D eigenvalue weighted by Crippen LogP contribution is 2.38. The van der Waals surface area contributed by atoms with E-state index in [2.05, 4.69) is 9.97 Å². The van der Waals surface area contributed by atoms with Crippen molar-refractivity contribution in [2.24, 2.45) is 0 Å². The molecule has 2 aromatic rings. The fourth-order valence-electron chi connectivity index (χ4n) is 3.03. The van der Waals surface area contributed by atoms with Gasteiger partial charge in [-0.2, -0.15) is 4.98 Å². The van der Waals surface area contributed by atoms with E-state index < -0.39 is 29.0 Å². The highest BCUT2D eigenvalue weighted by Gasteiger charge is 2.31. The lowest BCUT2D eigenvalue weighted by Gasteiger charge is -2.28. The number of esters is 2. The molecule has 2 N–H and O–H groups in total. The maximum atomic E-state index is 13.1. The Kier molecular flexibility index (Phi) is 5.78. The van der Waals surface area contributed by atoms with Crippen LogP contribution in [0.25, 0.3) is 0 Å². The lowest BCUT2D eigenvalue weighted by molar-refractivity contribution is -0.136. The molecule has 0 atom stereocenters. The van der Waals surface area contributed by atoms with Crippen LogP contribution in [0.1, 0.15) is 43.9 Å². The van der Waals surface area contributed by atoms with Crippen LogP contribution in [-0.2, 0) is 15.0 Å². The van der Waals surface area contributed by atoms with Crippen molar-refractivity contribution in [3.63, 3.8) is 0 Å². The summed E-state index contributed by atoms with van der Waals surface area (Å²) in [4.78, 5) is 31.0. The molecule has 0 bridgehead atoms. The van der Waals surface area contributed by atoms with Crippen molar-refractivity contribution in [2.75, 3.05) is 5.73 Å². The molecule has 0 aliphatic rings. The molecule has 0 amide bonds. The first-order valence-corrected chi connectivity index (χ1v) is 8.28. The number of carbonyl (C=O) groups excluding carboxylic acids is 2. The summed E-state index contributed by atoms with van der Waals surface area (Å²) in [5.74, 6) is -1.87. The highest BCUT2D eigenvalue weighted by atomic mass is 19.1. The van der Waals surface area contributed by atoms with Crippen LogP contribution in [0.15, 0.2) is 18.3 Å². The third-order valence-electron chi connectivity index (χ3n) is 3.91. The number of hydrogen-bond donors (Lipinski definition) is 1. The Bertz CT molecular complexity index is 897. The molecule has 8 heteroatoms. The van der Waals surface area contributed by atoms with Gasteiger partial charge in [0.25, 0.3) is 0 Å². The smallest absolute Gasteiger partial charge is 0.326 e. The Labute approximate surface area is 156 Å². The van der Waals surface area contributed by atoms with Crippen molar-refractivity contribution < 1.29 is 23.5 Å². The predicted molar refractivity (Wildman–Crippen MR) is 96.9 cm³/mol. The zero-order valence-corrected chi connectivity index (χ0v) is 15.9. The summed E-state index contributed by atoms with van der Waals surface area (Å²) >= 11 is 0. The lowest BCUT2D eigenvalue weighted by Crippen LogP contribution is -2.27. The van der Waals surface area contributed by atoms with E-state index in [1.54, 1.807) is 6.07 Å². The first kappa shape index (κ1) is 20.3. The fraction of sp³-hybridized carbons (Fsp3) is 0.368. The monoisotopic (exact) mass is 375 g/mol. The standard InChI is InChI=1S/C19H22FN3O4/c1-10-6-11(2)16(14(7-10)26-12(3)24)19(4,5)8-15(25)27-18-22-9-13(20)17(21)23-18/h6-7,9H,8H2,1-5H3,(H2,21,22,23). The zero-order chi connectivity index (χ0) is 20.4. The molecule has 0 saturated heterocycles. The van der Waals surface area contributed by atoms with Gasteiger partial charge in [0.15, 0.2) is 11.6 Å². The number of rotatable bonds is 5. The van der Waals surface area contributed by atoms with Gasteiger partial charge in [-0.15, -0.1) is 0 Å². The van der Waals surface area contributed by atoms with E-state index in [9.17, 15) is 14.0 Å². The van der Waals surface area contributed by atoms with Crippen molar-refractivity contribution in [1.82, 2.24) is 9.97 Å². The number of nitrogens with zero attached hydrogens (tertiary/aromatic N) is 2. The molecule has 144 valence electrons. The van der Waals surface area contributed by atoms with Crippen LogP contribution in [0.3, 0.4) is 0 Å². The van der Waals surface area contributed by atoms with E-state index in [0.29, 0.717) is 5.75 Å². The Morgan fingerprint density at radius 3 is 2.48 bits per heavy atom. The summed E-state index contributed by atoms with van der Waals surface area (Å²) in [7, 11) is 0. The van der Waals surface area contributed by atoms with Gasteiger partial charge in [-0.3, -0.25) is 9.59 Å². The second-order valence-electron chi connectivity index (χ2n) is 6.97. The van der Waals surface area contributed by atoms with Crippen LogP contribution in [0.5, 0.6) is 11.8 Å². The normalized spacial score (nSPS) is 11.2. The number of halogens is 1. The lowest BCUT2D eigenvalue weighted by atomic mass is 9.78. The maximum Gasteiger partial charge on any atom is 0.326 e. The summed E-state index contributed by atoms with van der Waals surface area (Å²) in [6.07, 6.45) is 0.783. The third kappa shape index (κ3) is 4.99. The van der Waals surface area contributed by atoms with Gasteiger partial charge < -0.3 is 15.2 Å². The van der Waals surface area contributed by atoms with Crippen LogP contribution in [0, 0.1) is 19.7 Å². The van der Waals surface area contributed by atoms with Crippen molar-refractivity contribution >= 4 is 17.8 Å². The number of aryl methyl sites for hydroxylation is 2. The van der Waals surface area contributed by atoms with Crippen molar-refractivity contribution in [3.8, 4) is 11.8 Å². The average molecular weight is 375 g/mol. The Morgan fingerprint density at radius 2 is 1.89 bits per heavy atom. The van der Waals surface area contributed by atoms with Gasteiger partial charge in [-0.05, 0) is 31.0 Å². The van der Waals surface area contributed by atoms with Crippen LogP contribution in [-0.4, -0.2) is 21.9 Å². The first-order valence-electron chi connectivity index (χ1n) is 8.28. The molecule has 0 spiro atoms. The summed E-state index contributed by atoms with van der Waals surface area (Å²) in [6.45, 7) is 8.75. The number of benzene rings is 1. The van der Waals surface area contributed by atoms with Gasteiger partial charge in [0.2, 0.25) is 0 Å². The number of nitrogens with two attached hydrogens (primary N) is 1. The summed E-state index contributed by atoms with van der Waals surface area (Å²) in [5, 5.41) is 0. The van der Waals surface area contributed by atoms with Gasteiger partial charge in [-0.25, -0.2) is 9.37 Å². The van der Waals surface area contributed by atoms with Crippen molar-refractivity contribution in [1.29, 1.82) is 0 Å². The second kappa shape index (κ2) is 7.69. The first-order chi connectivity index (χ1) is 12.5. The van der Waals surface area contributed by atoms with E-state index in [0.717, 1.165) is 22.9 Å². The summed E-state index contributed by atoms with van der Waals surface area (Å²) < 4.78 is 23.5. The van der Waals surface area contributed by atoms with Gasteiger partial charge in [0.05, 0.1) is 12.6 Å². The van der Waals surface area contributed by atoms with Crippen LogP contribution < -0.4 is 15.2 Å². The molecule has 0 saturated carbocycles. The quantitative estimate of drug-likeness (QED) is 0.633. The van der Waals surface area contributed by atoms with Gasteiger partial charge >= 0.3 is 17.9 Å². The number of aromatic nitrogens is 2. The number of hydrogen-bond acceptors (Lipinski definition) is 7. The number of ether oxygens (including phenoxy) is 2. The van der Waals surface area contributed by atoms with Gasteiger partial charge in [0, 0.05) is 17.9 Å². The predicted octanol–water partition coefficient (Wildman–Crippen LogP) is 3.01. The van der Waals surface area contributed by atoms with Crippen LogP contribution >= 0.6 is 0 Å². The fourth-order valence-corrected chi connectivity index (χ4v) is 3.03. The minimum atomic E-state index is -0.795. The Morgan fingerprint density at radius 1 is 1.22 bits per heavy atom. The molecular formula is C19H22FN3O4. The van der Waals surface area contributed by atoms with Crippen LogP contribution in [0.2, 0.25) is 0 Å². The molecule has 0 radical (unpaired) electrons. The highest BCUT2D eigenvalue weighted by molar-refractivity contribution is 5.75. The maximum absolute atomic E-state index is 13.1. The molecule has 0 aliphatic heterocycles. The minimum Gasteiger partial charge on any atom is -0.426 e. The minimum absolute atomic E-state index is 0.0498. The van der Waals surface area contributed by atoms with E-state index in [-0.39, 0.29) is 12.4 Å². The molecule has 0 fully saturated rings. The molecule has 27 heavy (non-hydrogen) atoms. The van der Waals surface area contributed by atoms with Gasteiger partial charge in [-0.1, -0.05) is 19.9 Å². The summed E-state index contributed by atoms with van der Waals surface area (Å²) in [6, 6.07) is 3.37. The zero-order valence-electron chi connectivity index (χ0n) is 15.9.